The Morgan fingerprint density at radius 3 is 2.00 bits per heavy atom. The highest BCUT2D eigenvalue weighted by Crippen LogP contribution is 2.34. The van der Waals surface area contributed by atoms with Crippen LogP contribution in [0.4, 0.5) is 0 Å². The van der Waals surface area contributed by atoms with Crippen molar-refractivity contribution in [3.8, 4) is 0 Å². The predicted octanol–water partition coefficient (Wildman–Crippen LogP) is 6.73. The minimum atomic E-state index is 0.969. The molecule has 0 nitrogen and oxygen atoms in total. The molecule has 1 saturated carbocycles. The summed E-state index contributed by atoms with van der Waals surface area (Å²) in [5.41, 5.74) is 4.43. The molecule has 0 aromatic heterocycles. The van der Waals surface area contributed by atoms with Gasteiger partial charge in [-0.2, -0.15) is 0 Å². The lowest BCUT2D eigenvalue weighted by Gasteiger charge is -2.28. The van der Waals surface area contributed by atoms with Crippen molar-refractivity contribution in [1.29, 1.82) is 0 Å². The number of hydrogen-bond donors (Lipinski definition) is 0. The van der Waals surface area contributed by atoms with Gasteiger partial charge in [-0.15, -0.1) is 0 Å². The molecule has 1 fully saturated rings. The van der Waals surface area contributed by atoms with Crippen LogP contribution in [0.25, 0.3) is 0 Å². The Hall–Kier alpha value is -1.04. The Balaban J connectivity index is 1.65. The molecular weight excluding hydrogens is 264 g/mol. The van der Waals surface area contributed by atoms with Gasteiger partial charge in [-0.05, 0) is 61.5 Å². The van der Waals surface area contributed by atoms with Gasteiger partial charge in [-0.25, -0.2) is 0 Å². The van der Waals surface area contributed by atoms with E-state index in [0.29, 0.717) is 0 Å². The smallest absolute Gasteiger partial charge is 0.0276 e. The normalized spacial score (nSPS) is 21.7. The van der Waals surface area contributed by atoms with Gasteiger partial charge in [-0.1, -0.05) is 75.9 Å². The SMILES string of the molecule is C=C(CC)CCC1CCC(CCc2ccc(CC)cc2)CC1. The fraction of sp³-hybridized carbons (Fsp3) is 0.636. The number of hydrogen-bond acceptors (Lipinski definition) is 0. The Morgan fingerprint density at radius 2 is 1.45 bits per heavy atom. The van der Waals surface area contributed by atoms with Crippen molar-refractivity contribution >= 4 is 0 Å². The monoisotopic (exact) mass is 298 g/mol. The van der Waals surface area contributed by atoms with E-state index in [1.54, 1.807) is 0 Å². The van der Waals surface area contributed by atoms with Gasteiger partial charge in [0, 0.05) is 0 Å². The molecule has 0 spiro atoms. The molecule has 0 heteroatoms. The molecule has 0 radical (unpaired) electrons. The van der Waals surface area contributed by atoms with E-state index in [-0.39, 0.29) is 0 Å². The van der Waals surface area contributed by atoms with Crippen LogP contribution in [0, 0.1) is 11.8 Å². The average molecular weight is 299 g/mol. The number of rotatable bonds is 8. The molecule has 22 heavy (non-hydrogen) atoms. The molecule has 1 aromatic rings. The lowest BCUT2D eigenvalue weighted by Crippen LogP contribution is -2.15. The molecule has 1 aromatic carbocycles. The van der Waals surface area contributed by atoms with Crippen LogP contribution in [0.1, 0.15) is 76.3 Å². The number of allylic oxidation sites excluding steroid dienone is 1. The van der Waals surface area contributed by atoms with Crippen LogP contribution in [0.3, 0.4) is 0 Å². The van der Waals surface area contributed by atoms with E-state index < -0.39 is 0 Å². The van der Waals surface area contributed by atoms with Crippen LogP contribution in [-0.4, -0.2) is 0 Å². The Labute approximate surface area is 138 Å². The van der Waals surface area contributed by atoms with E-state index in [4.69, 9.17) is 0 Å². The van der Waals surface area contributed by atoms with Crippen LogP contribution in [-0.2, 0) is 12.8 Å². The average Bonchev–Trinajstić information content (AvgIpc) is 2.59. The summed E-state index contributed by atoms with van der Waals surface area (Å²) in [6, 6.07) is 9.27. The van der Waals surface area contributed by atoms with Gasteiger partial charge in [0.1, 0.15) is 0 Å². The van der Waals surface area contributed by atoms with E-state index in [9.17, 15) is 0 Å². The summed E-state index contributed by atoms with van der Waals surface area (Å²) in [6.45, 7) is 8.60. The molecule has 0 bridgehead atoms. The fourth-order valence-electron chi connectivity index (χ4n) is 3.71. The standard InChI is InChI=1S/C22H34/c1-4-18(3)6-7-20-12-14-22(15-13-20)17-16-21-10-8-19(5-2)9-11-21/h8-11,20,22H,3-7,12-17H2,1-2H3. The quantitative estimate of drug-likeness (QED) is 0.466. The van der Waals surface area contributed by atoms with Crippen molar-refractivity contribution in [2.45, 2.75) is 78.1 Å². The molecule has 122 valence electrons. The Bertz CT molecular complexity index is 432. The second-order valence-corrected chi connectivity index (χ2v) is 7.24. The molecule has 1 aliphatic carbocycles. The molecular formula is C22H34. The minimum absolute atomic E-state index is 0.969. The van der Waals surface area contributed by atoms with Crippen molar-refractivity contribution in [2.24, 2.45) is 11.8 Å². The highest BCUT2D eigenvalue weighted by Gasteiger charge is 2.20. The third kappa shape index (κ3) is 5.63. The first-order valence-corrected chi connectivity index (χ1v) is 9.45. The van der Waals surface area contributed by atoms with Crippen molar-refractivity contribution < 1.29 is 0 Å². The van der Waals surface area contributed by atoms with E-state index >= 15 is 0 Å². The van der Waals surface area contributed by atoms with Gasteiger partial charge in [0.25, 0.3) is 0 Å². The summed E-state index contributed by atoms with van der Waals surface area (Å²) in [4.78, 5) is 0. The van der Waals surface area contributed by atoms with Crippen LogP contribution in [0.5, 0.6) is 0 Å². The van der Waals surface area contributed by atoms with E-state index in [1.165, 1.54) is 68.1 Å². The highest BCUT2D eigenvalue weighted by molar-refractivity contribution is 5.22. The van der Waals surface area contributed by atoms with Gasteiger partial charge < -0.3 is 0 Å². The Morgan fingerprint density at radius 1 is 0.909 bits per heavy atom. The molecule has 1 aliphatic rings. The van der Waals surface area contributed by atoms with Crippen LogP contribution in [0.2, 0.25) is 0 Å². The molecule has 0 saturated heterocycles. The van der Waals surface area contributed by atoms with Gasteiger partial charge >= 0.3 is 0 Å². The van der Waals surface area contributed by atoms with Gasteiger partial charge in [0.2, 0.25) is 0 Å². The summed E-state index contributed by atoms with van der Waals surface area (Å²) >= 11 is 0. The minimum Gasteiger partial charge on any atom is -0.0999 e. The van der Waals surface area contributed by atoms with Crippen LogP contribution < -0.4 is 0 Å². The zero-order chi connectivity index (χ0) is 15.8. The van der Waals surface area contributed by atoms with E-state index in [1.807, 2.05) is 0 Å². The molecule has 0 amide bonds. The Kier molecular flexibility index (Phi) is 7.22. The summed E-state index contributed by atoms with van der Waals surface area (Å²) in [5.74, 6) is 1.94. The summed E-state index contributed by atoms with van der Waals surface area (Å²) in [5, 5.41) is 0. The first-order valence-electron chi connectivity index (χ1n) is 9.45. The second-order valence-electron chi connectivity index (χ2n) is 7.24. The number of benzene rings is 1. The summed E-state index contributed by atoms with van der Waals surface area (Å²) in [6.07, 6.45) is 13.4. The third-order valence-corrected chi connectivity index (χ3v) is 5.64. The van der Waals surface area contributed by atoms with Crippen molar-refractivity contribution in [3.05, 3.63) is 47.5 Å². The van der Waals surface area contributed by atoms with E-state index in [2.05, 4.69) is 44.7 Å². The fourth-order valence-corrected chi connectivity index (χ4v) is 3.71. The highest BCUT2D eigenvalue weighted by atomic mass is 14.3. The first-order chi connectivity index (χ1) is 10.7. The van der Waals surface area contributed by atoms with Crippen LogP contribution in [0.15, 0.2) is 36.4 Å². The molecule has 0 heterocycles. The van der Waals surface area contributed by atoms with Crippen molar-refractivity contribution in [3.63, 3.8) is 0 Å². The third-order valence-electron chi connectivity index (χ3n) is 5.64. The van der Waals surface area contributed by atoms with Gasteiger partial charge in [-0.3, -0.25) is 0 Å². The zero-order valence-corrected chi connectivity index (χ0v) is 14.7. The molecule has 2 rings (SSSR count). The zero-order valence-electron chi connectivity index (χ0n) is 14.7. The maximum Gasteiger partial charge on any atom is -0.0276 e. The largest absolute Gasteiger partial charge is 0.0999 e. The van der Waals surface area contributed by atoms with Crippen molar-refractivity contribution in [1.82, 2.24) is 0 Å². The lowest BCUT2D eigenvalue weighted by molar-refractivity contribution is 0.253. The van der Waals surface area contributed by atoms with E-state index in [0.717, 1.165) is 24.7 Å². The van der Waals surface area contributed by atoms with Gasteiger partial charge in [0.05, 0.1) is 0 Å². The maximum absolute atomic E-state index is 4.15. The summed E-state index contributed by atoms with van der Waals surface area (Å²) in [7, 11) is 0. The maximum atomic E-state index is 4.15. The molecule has 0 unspecified atom stereocenters. The van der Waals surface area contributed by atoms with Gasteiger partial charge in [0.15, 0.2) is 0 Å². The number of aryl methyl sites for hydroxylation is 2. The topological polar surface area (TPSA) is 0 Å². The molecule has 0 atom stereocenters. The lowest BCUT2D eigenvalue weighted by atomic mass is 9.77. The second kappa shape index (κ2) is 9.18. The predicted molar refractivity (Wildman–Crippen MR) is 98.3 cm³/mol. The van der Waals surface area contributed by atoms with Crippen LogP contribution >= 0.6 is 0 Å². The first kappa shape index (κ1) is 17.3. The summed E-state index contributed by atoms with van der Waals surface area (Å²) < 4.78 is 0. The molecule has 0 N–H and O–H groups in total. The molecule has 0 aliphatic heterocycles. The van der Waals surface area contributed by atoms with Crippen molar-refractivity contribution in [2.75, 3.05) is 0 Å².